The highest BCUT2D eigenvalue weighted by Gasteiger charge is 2.32. The zero-order valence-electron chi connectivity index (χ0n) is 7.43. The minimum atomic E-state index is -4.39. The number of aromatic nitrogens is 1. The van der Waals surface area contributed by atoms with Crippen LogP contribution in [0.2, 0.25) is 0 Å². The van der Waals surface area contributed by atoms with Gasteiger partial charge in [0, 0.05) is 16.5 Å². The lowest BCUT2D eigenvalue weighted by molar-refractivity contribution is -0.140. The monoisotopic (exact) mass is 213 g/mol. The largest absolute Gasteiger partial charge is 0.431 e. The fourth-order valence-corrected chi connectivity index (χ4v) is 1.37. The van der Waals surface area contributed by atoms with E-state index in [0.717, 1.165) is 6.07 Å². The molecule has 0 radical (unpaired) electrons. The molecule has 0 amide bonds. The minimum absolute atomic E-state index is 0.312. The Labute approximate surface area is 82.7 Å². The highest BCUT2D eigenvalue weighted by atomic mass is 19.4. The van der Waals surface area contributed by atoms with E-state index in [1.165, 1.54) is 18.2 Å². The lowest BCUT2D eigenvalue weighted by Crippen LogP contribution is -2.04. The number of nitrogens with one attached hydrogen (secondary N) is 1. The van der Waals surface area contributed by atoms with E-state index in [1.807, 2.05) is 0 Å². The predicted molar refractivity (Wildman–Crippen MR) is 48.7 cm³/mol. The van der Waals surface area contributed by atoms with Gasteiger partial charge in [-0.1, -0.05) is 12.1 Å². The average Bonchev–Trinajstić information content (AvgIpc) is 2.59. The maximum Gasteiger partial charge on any atom is 0.431 e. The molecule has 1 heterocycles. The Hall–Kier alpha value is -1.78. The summed E-state index contributed by atoms with van der Waals surface area (Å²) in [7, 11) is 0. The Morgan fingerprint density at radius 1 is 1.20 bits per heavy atom. The molecule has 0 atom stereocenters. The van der Waals surface area contributed by atoms with E-state index in [2.05, 4.69) is 4.98 Å². The molecule has 0 aliphatic heterocycles. The van der Waals surface area contributed by atoms with Gasteiger partial charge in [-0.25, -0.2) is 0 Å². The summed E-state index contributed by atoms with van der Waals surface area (Å²) in [5.74, 6) is 0. The molecule has 1 aromatic carbocycles. The fourth-order valence-electron chi connectivity index (χ4n) is 1.37. The first kappa shape index (κ1) is 9.76. The molecule has 0 aliphatic rings. The van der Waals surface area contributed by atoms with Gasteiger partial charge in [0.2, 0.25) is 0 Å². The zero-order valence-corrected chi connectivity index (χ0v) is 7.43. The van der Waals surface area contributed by atoms with Crippen molar-refractivity contribution in [1.29, 1.82) is 0 Å². The lowest BCUT2D eigenvalue weighted by atomic mass is 10.2. The number of hydrogen-bond donors (Lipinski definition) is 1. The van der Waals surface area contributed by atoms with Gasteiger partial charge in [-0.3, -0.25) is 4.79 Å². The van der Waals surface area contributed by atoms with Crippen molar-refractivity contribution in [2.75, 3.05) is 0 Å². The fraction of sp³-hybridized carbons (Fsp3) is 0.100. The maximum absolute atomic E-state index is 12.3. The summed E-state index contributed by atoms with van der Waals surface area (Å²) >= 11 is 0. The van der Waals surface area contributed by atoms with E-state index in [4.69, 9.17) is 0 Å². The van der Waals surface area contributed by atoms with Crippen LogP contribution >= 0.6 is 0 Å². The number of rotatable bonds is 1. The summed E-state index contributed by atoms with van der Waals surface area (Å²) in [5.41, 5.74) is -0.148. The molecule has 15 heavy (non-hydrogen) atoms. The second-order valence-corrected chi connectivity index (χ2v) is 3.15. The SMILES string of the molecule is O=Cc1ccc2cc(C(F)(F)F)[nH]c2c1. The third-order valence-electron chi connectivity index (χ3n) is 2.09. The molecule has 0 aliphatic carbocycles. The molecular weight excluding hydrogens is 207 g/mol. The Bertz CT molecular complexity index is 513. The molecule has 2 aromatic rings. The van der Waals surface area contributed by atoms with Crippen molar-refractivity contribution in [1.82, 2.24) is 4.98 Å². The van der Waals surface area contributed by atoms with Crippen LogP contribution in [-0.2, 0) is 6.18 Å². The van der Waals surface area contributed by atoms with E-state index >= 15 is 0 Å². The number of carbonyl (C=O) groups excluding carboxylic acids is 1. The molecule has 0 spiro atoms. The van der Waals surface area contributed by atoms with Crippen molar-refractivity contribution in [2.24, 2.45) is 0 Å². The van der Waals surface area contributed by atoms with Gasteiger partial charge in [-0.15, -0.1) is 0 Å². The summed E-state index contributed by atoms with van der Waals surface area (Å²) in [6.45, 7) is 0. The minimum Gasteiger partial charge on any atom is -0.351 e. The standard InChI is InChI=1S/C10H6F3NO/c11-10(12,13)9-4-7-2-1-6(5-15)3-8(7)14-9/h1-5,14H. The zero-order chi connectivity index (χ0) is 11.1. The number of aldehydes is 1. The molecule has 78 valence electrons. The third kappa shape index (κ3) is 1.72. The van der Waals surface area contributed by atoms with Gasteiger partial charge in [0.25, 0.3) is 0 Å². The van der Waals surface area contributed by atoms with Gasteiger partial charge in [-0.2, -0.15) is 13.2 Å². The molecule has 0 saturated carbocycles. The van der Waals surface area contributed by atoms with Crippen molar-refractivity contribution in [3.05, 3.63) is 35.5 Å². The van der Waals surface area contributed by atoms with Gasteiger partial charge >= 0.3 is 6.18 Å². The first-order chi connectivity index (χ1) is 7.00. The molecule has 5 heteroatoms. The molecule has 1 N–H and O–H groups in total. The Balaban J connectivity index is 2.61. The van der Waals surface area contributed by atoms with Crippen LogP contribution < -0.4 is 0 Å². The second-order valence-electron chi connectivity index (χ2n) is 3.15. The van der Waals surface area contributed by atoms with Crippen molar-refractivity contribution >= 4 is 17.2 Å². The smallest absolute Gasteiger partial charge is 0.351 e. The molecule has 1 aromatic heterocycles. The van der Waals surface area contributed by atoms with Gasteiger partial charge in [-0.05, 0) is 12.1 Å². The van der Waals surface area contributed by atoms with Crippen LogP contribution in [-0.4, -0.2) is 11.3 Å². The number of halogens is 3. The number of aromatic amines is 1. The number of alkyl halides is 3. The second kappa shape index (κ2) is 3.12. The van der Waals surface area contributed by atoms with Crippen LogP contribution in [0.5, 0.6) is 0 Å². The van der Waals surface area contributed by atoms with Gasteiger partial charge in [0.15, 0.2) is 0 Å². The number of hydrogen-bond acceptors (Lipinski definition) is 1. The highest BCUT2D eigenvalue weighted by Crippen LogP contribution is 2.31. The molecule has 0 unspecified atom stereocenters. The maximum atomic E-state index is 12.3. The normalized spacial score (nSPS) is 11.9. The van der Waals surface area contributed by atoms with E-state index in [9.17, 15) is 18.0 Å². The number of benzene rings is 1. The molecule has 0 saturated heterocycles. The van der Waals surface area contributed by atoms with Crippen LogP contribution in [0.25, 0.3) is 10.9 Å². The molecule has 0 bridgehead atoms. The van der Waals surface area contributed by atoms with E-state index in [-0.39, 0.29) is 0 Å². The van der Waals surface area contributed by atoms with Crippen LogP contribution in [0.15, 0.2) is 24.3 Å². The Morgan fingerprint density at radius 2 is 1.93 bits per heavy atom. The average molecular weight is 213 g/mol. The molecule has 2 nitrogen and oxygen atoms in total. The first-order valence-electron chi connectivity index (χ1n) is 4.16. The van der Waals surface area contributed by atoms with Gasteiger partial charge in [0.1, 0.15) is 12.0 Å². The summed E-state index contributed by atoms with van der Waals surface area (Å²) in [6, 6.07) is 5.36. The summed E-state index contributed by atoms with van der Waals surface area (Å²) < 4.78 is 36.9. The van der Waals surface area contributed by atoms with Crippen LogP contribution in [0.4, 0.5) is 13.2 Å². The van der Waals surface area contributed by atoms with E-state index < -0.39 is 11.9 Å². The first-order valence-corrected chi connectivity index (χ1v) is 4.16. The molecule has 0 fully saturated rings. The Kier molecular flexibility index (Phi) is 2.03. The van der Waals surface area contributed by atoms with Crippen molar-refractivity contribution < 1.29 is 18.0 Å². The predicted octanol–water partition coefficient (Wildman–Crippen LogP) is 3.00. The highest BCUT2D eigenvalue weighted by molar-refractivity contribution is 5.87. The number of carbonyl (C=O) groups is 1. The van der Waals surface area contributed by atoms with Crippen molar-refractivity contribution in [3.8, 4) is 0 Å². The van der Waals surface area contributed by atoms with Crippen molar-refractivity contribution in [3.63, 3.8) is 0 Å². The molecular formula is C10H6F3NO. The summed E-state index contributed by atoms with van der Waals surface area (Å²) in [5, 5.41) is 0.438. The summed E-state index contributed by atoms with van der Waals surface area (Å²) in [6.07, 6.45) is -3.80. The third-order valence-corrected chi connectivity index (χ3v) is 2.09. The Morgan fingerprint density at radius 3 is 2.53 bits per heavy atom. The van der Waals surface area contributed by atoms with Crippen molar-refractivity contribution in [2.45, 2.75) is 6.18 Å². The topological polar surface area (TPSA) is 32.9 Å². The quantitative estimate of drug-likeness (QED) is 0.725. The van der Waals surface area contributed by atoms with Gasteiger partial charge < -0.3 is 4.98 Å². The van der Waals surface area contributed by atoms with Crippen LogP contribution in [0.1, 0.15) is 16.1 Å². The van der Waals surface area contributed by atoms with Crippen LogP contribution in [0.3, 0.4) is 0 Å². The molecule has 2 rings (SSSR count). The summed E-state index contributed by atoms with van der Waals surface area (Å²) in [4.78, 5) is 12.6. The number of H-pyrrole nitrogens is 1. The van der Waals surface area contributed by atoms with E-state index in [0.29, 0.717) is 22.8 Å². The van der Waals surface area contributed by atoms with Crippen LogP contribution in [0, 0.1) is 0 Å². The van der Waals surface area contributed by atoms with Gasteiger partial charge in [0.05, 0.1) is 0 Å². The van der Waals surface area contributed by atoms with E-state index in [1.54, 1.807) is 0 Å². The number of fused-ring (bicyclic) bond motifs is 1. The lowest BCUT2D eigenvalue weighted by Gasteiger charge is -2.00.